The Bertz CT molecular complexity index is 1130. The van der Waals surface area contributed by atoms with Crippen molar-refractivity contribution in [3.63, 3.8) is 0 Å². The number of aliphatic carboxylic acids is 1. The molecule has 182 valence electrons. The second-order valence-electron chi connectivity index (χ2n) is 9.97. The number of benzene rings is 3. The topological polar surface area (TPSA) is 61.8 Å². The molecule has 3 aromatic rings. The van der Waals surface area contributed by atoms with Gasteiger partial charge in [-0.2, -0.15) is 0 Å². The molecule has 35 heavy (non-hydrogen) atoms. The summed E-state index contributed by atoms with van der Waals surface area (Å²) in [7, 11) is 1.71. The van der Waals surface area contributed by atoms with Gasteiger partial charge in [-0.05, 0) is 43.0 Å². The highest BCUT2D eigenvalue weighted by Gasteiger charge is 2.54. The average molecular weight is 471 g/mol. The molecule has 2 bridgehead atoms. The standard InChI is InChI=1S/C30H34N2O3/c1-21-13-14-28(35-2)22(17-21)18-31-30(23-9-5-3-6-10-23,24-11-7-4-8-12-24)27-20-32-16-15-25(27)26(19-32)29(33)34/h3-14,17,25-27,31H,15-16,18-20H2,1-2H3,(H,33,34)/t25-,26+,27-/m1/s1. The molecule has 3 heterocycles. The van der Waals surface area contributed by atoms with E-state index in [1.54, 1.807) is 7.11 Å². The fourth-order valence-electron chi connectivity index (χ4n) is 6.43. The zero-order valence-electron chi connectivity index (χ0n) is 20.5. The van der Waals surface area contributed by atoms with Crippen molar-refractivity contribution in [2.45, 2.75) is 25.4 Å². The van der Waals surface area contributed by atoms with Crippen LogP contribution < -0.4 is 10.1 Å². The molecule has 2 N–H and O–H groups in total. The van der Waals surface area contributed by atoms with E-state index in [1.807, 2.05) is 18.2 Å². The molecule has 0 amide bonds. The number of nitrogens with zero attached hydrogens (tertiary/aromatic N) is 1. The number of ether oxygens (including phenoxy) is 1. The highest BCUT2D eigenvalue weighted by Crippen LogP contribution is 2.49. The number of carboxylic acids is 1. The van der Waals surface area contributed by atoms with Gasteiger partial charge in [-0.25, -0.2) is 0 Å². The quantitative estimate of drug-likeness (QED) is 0.500. The van der Waals surface area contributed by atoms with Crippen molar-refractivity contribution >= 4 is 5.97 Å². The first-order chi connectivity index (χ1) is 17.0. The van der Waals surface area contributed by atoms with Gasteiger partial charge < -0.3 is 14.7 Å². The molecule has 5 nitrogen and oxygen atoms in total. The molecule has 1 unspecified atom stereocenters. The molecule has 6 rings (SSSR count). The second kappa shape index (κ2) is 9.84. The number of rotatable bonds is 8. The number of methoxy groups -OCH3 is 1. The first-order valence-electron chi connectivity index (χ1n) is 12.5. The van der Waals surface area contributed by atoms with E-state index >= 15 is 0 Å². The lowest BCUT2D eigenvalue weighted by atomic mass is 9.60. The van der Waals surface area contributed by atoms with Crippen molar-refractivity contribution in [3.05, 3.63) is 101 Å². The van der Waals surface area contributed by atoms with E-state index in [9.17, 15) is 9.90 Å². The van der Waals surface area contributed by atoms with Crippen LogP contribution in [0, 0.1) is 24.7 Å². The van der Waals surface area contributed by atoms with Crippen molar-refractivity contribution in [1.82, 2.24) is 10.2 Å². The lowest BCUT2D eigenvalue weighted by Gasteiger charge is -2.56. The van der Waals surface area contributed by atoms with Gasteiger partial charge in [0, 0.05) is 31.1 Å². The maximum absolute atomic E-state index is 12.3. The molecule has 3 aliphatic rings. The molecule has 0 saturated carbocycles. The Morgan fingerprint density at radius 2 is 1.69 bits per heavy atom. The third-order valence-corrected chi connectivity index (χ3v) is 8.05. The first-order valence-corrected chi connectivity index (χ1v) is 12.5. The Morgan fingerprint density at radius 3 is 2.26 bits per heavy atom. The van der Waals surface area contributed by atoms with Gasteiger partial charge in [-0.15, -0.1) is 0 Å². The zero-order chi connectivity index (χ0) is 24.4. The van der Waals surface area contributed by atoms with Crippen LogP contribution >= 0.6 is 0 Å². The SMILES string of the molecule is COc1ccc(C)cc1CNC(c1ccccc1)(c1ccccc1)[C@@H]1CN2CC[C@@H]1[C@@H](C(=O)O)C2. The summed E-state index contributed by atoms with van der Waals surface area (Å²) in [4.78, 5) is 14.7. The number of nitrogens with one attached hydrogen (secondary N) is 1. The van der Waals surface area contributed by atoms with Gasteiger partial charge in [0.1, 0.15) is 5.75 Å². The largest absolute Gasteiger partial charge is 0.496 e. The normalized spacial score (nSPS) is 23.7. The van der Waals surface area contributed by atoms with Crippen LogP contribution in [0.3, 0.4) is 0 Å². The second-order valence-corrected chi connectivity index (χ2v) is 9.97. The van der Waals surface area contributed by atoms with E-state index in [0.717, 1.165) is 30.8 Å². The molecular formula is C30H34N2O3. The number of carboxylic acid groups (broad SMARTS) is 1. The first kappa shape index (κ1) is 23.6. The van der Waals surface area contributed by atoms with E-state index in [0.29, 0.717) is 13.1 Å². The summed E-state index contributed by atoms with van der Waals surface area (Å²) >= 11 is 0. The van der Waals surface area contributed by atoms with Gasteiger partial charge in [0.05, 0.1) is 18.6 Å². The number of aryl methyl sites for hydroxylation is 1. The summed E-state index contributed by atoms with van der Waals surface area (Å²) in [6.07, 6.45) is 0.901. The molecule has 0 aliphatic carbocycles. The summed E-state index contributed by atoms with van der Waals surface area (Å²) in [5.74, 6) is 0.0105. The van der Waals surface area contributed by atoms with Crippen LogP contribution in [0.2, 0.25) is 0 Å². The Hall–Kier alpha value is -3.15. The van der Waals surface area contributed by atoms with E-state index in [2.05, 4.69) is 77.8 Å². The molecule has 3 aliphatic heterocycles. The lowest BCUT2D eigenvalue weighted by Crippen LogP contribution is -2.64. The number of hydrogen-bond donors (Lipinski definition) is 2. The summed E-state index contributed by atoms with van der Waals surface area (Å²) in [5.41, 5.74) is 4.07. The molecule has 0 spiro atoms. The van der Waals surface area contributed by atoms with Crippen molar-refractivity contribution in [3.8, 4) is 5.75 Å². The van der Waals surface area contributed by atoms with Crippen LogP contribution in [0.15, 0.2) is 78.9 Å². The molecule has 3 fully saturated rings. The van der Waals surface area contributed by atoms with Crippen molar-refractivity contribution in [2.24, 2.45) is 17.8 Å². The Kier molecular flexibility index (Phi) is 6.63. The fraction of sp³-hybridized carbons (Fsp3) is 0.367. The van der Waals surface area contributed by atoms with E-state index < -0.39 is 11.5 Å². The van der Waals surface area contributed by atoms with Gasteiger partial charge >= 0.3 is 5.97 Å². The third-order valence-electron chi connectivity index (χ3n) is 8.05. The van der Waals surface area contributed by atoms with E-state index in [1.165, 1.54) is 16.7 Å². The van der Waals surface area contributed by atoms with E-state index in [-0.39, 0.29) is 17.8 Å². The van der Waals surface area contributed by atoms with Crippen molar-refractivity contribution in [2.75, 3.05) is 26.7 Å². The molecule has 4 atom stereocenters. The number of piperidine rings is 3. The predicted octanol–water partition coefficient (Wildman–Crippen LogP) is 4.69. The van der Waals surface area contributed by atoms with E-state index in [4.69, 9.17) is 4.74 Å². The minimum Gasteiger partial charge on any atom is -0.496 e. The Labute approximate surface area is 207 Å². The van der Waals surface area contributed by atoms with Gasteiger partial charge in [0.25, 0.3) is 0 Å². The monoisotopic (exact) mass is 470 g/mol. The predicted molar refractivity (Wildman–Crippen MR) is 137 cm³/mol. The van der Waals surface area contributed by atoms with Crippen LogP contribution in [0.1, 0.15) is 28.7 Å². The summed E-state index contributed by atoms with van der Waals surface area (Å²) < 4.78 is 5.69. The Morgan fingerprint density at radius 1 is 1.03 bits per heavy atom. The van der Waals surface area contributed by atoms with Crippen molar-refractivity contribution in [1.29, 1.82) is 0 Å². The maximum atomic E-state index is 12.3. The highest BCUT2D eigenvalue weighted by molar-refractivity contribution is 5.71. The summed E-state index contributed by atoms with van der Waals surface area (Å²) in [6, 6.07) is 27.4. The third kappa shape index (κ3) is 4.35. The molecule has 0 aromatic heterocycles. The molecular weight excluding hydrogens is 436 g/mol. The van der Waals surface area contributed by atoms with Crippen LogP contribution in [-0.2, 0) is 16.9 Å². The lowest BCUT2D eigenvalue weighted by molar-refractivity contribution is -0.153. The Balaban J connectivity index is 1.66. The molecule has 3 saturated heterocycles. The summed E-state index contributed by atoms with van der Waals surface area (Å²) in [6.45, 7) is 5.18. The number of carbonyl (C=O) groups is 1. The van der Waals surface area contributed by atoms with Crippen LogP contribution in [0.25, 0.3) is 0 Å². The van der Waals surface area contributed by atoms with Gasteiger partial charge in [-0.1, -0.05) is 78.4 Å². The fourth-order valence-corrected chi connectivity index (χ4v) is 6.43. The minimum atomic E-state index is -0.681. The highest BCUT2D eigenvalue weighted by atomic mass is 16.5. The molecule has 0 radical (unpaired) electrons. The summed E-state index contributed by atoms with van der Waals surface area (Å²) in [5, 5.41) is 14.1. The smallest absolute Gasteiger partial charge is 0.308 e. The van der Waals surface area contributed by atoms with Crippen LogP contribution in [0.4, 0.5) is 0 Å². The minimum absolute atomic E-state index is 0.0878. The van der Waals surface area contributed by atoms with Gasteiger partial charge in [0.2, 0.25) is 0 Å². The van der Waals surface area contributed by atoms with Crippen LogP contribution in [0.5, 0.6) is 5.75 Å². The maximum Gasteiger partial charge on any atom is 0.308 e. The number of fused-ring (bicyclic) bond motifs is 3. The molecule has 3 aromatic carbocycles. The van der Waals surface area contributed by atoms with Gasteiger partial charge in [-0.3, -0.25) is 10.1 Å². The van der Waals surface area contributed by atoms with Crippen molar-refractivity contribution < 1.29 is 14.6 Å². The zero-order valence-corrected chi connectivity index (χ0v) is 20.5. The number of hydrogen-bond acceptors (Lipinski definition) is 4. The van der Waals surface area contributed by atoms with Crippen LogP contribution in [-0.4, -0.2) is 42.7 Å². The van der Waals surface area contributed by atoms with Gasteiger partial charge in [0.15, 0.2) is 0 Å². The average Bonchev–Trinajstić information content (AvgIpc) is 2.91. The molecule has 5 heteroatoms.